The molecule has 0 aromatic rings. The molecular formula is C12H22CaO12. The Labute approximate surface area is 172 Å². The molecule has 0 aliphatic rings. The van der Waals surface area contributed by atoms with Crippen molar-refractivity contribution in [2.24, 2.45) is 0 Å². The van der Waals surface area contributed by atoms with Crippen molar-refractivity contribution in [1.29, 1.82) is 0 Å². The molecule has 2 unspecified atom stereocenters. The van der Waals surface area contributed by atoms with Crippen molar-refractivity contribution < 1.29 is 60.7 Å². The maximum atomic E-state index is 10.2. The Hall–Kier alpha value is -0.120. The largest absolute Gasteiger partial charge is 2.00 e. The molecule has 25 heavy (non-hydrogen) atoms. The van der Waals surface area contributed by atoms with Gasteiger partial charge < -0.3 is 60.7 Å². The number of aliphatic hydroxyl groups is 8. The van der Waals surface area contributed by atoms with Gasteiger partial charge in [0.15, 0.2) is 0 Å². The Balaban J connectivity index is -0.000000372. The molecule has 144 valence electrons. The fraction of sp³-hybridized carbons (Fsp3) is 0.833. The van der Waals surface area contributed by atoms with Crippen LogP contribution in [-0.4, -0.2) is 140 Å². The molecule has 0 saturated heterocycles. The van der Waals surface area contributed by atoms with E-state index in [0.717, 1.165) is 0 Å². The van der Waals surface area contributed by atoms with Crippen molar-refractivity contribution in [2.75, 3.05) is 26.4 Å². The predicted molar refractivity (Wildman–Crippen MR) is 75.3 cm³/mol. The Morgan fingerprint density at radius 1 is 0.760 bits per heavy atom. The van der Waals surface area contributed by atoms with E-state index >= 15 is 0 Å². The molecule has 0 bridgehead atoms. The number of rotatable bonds is 10. The SMILES string of the molecule is O=C([O-])C(O)(CO)C[C@H](O)CO.O=C([O-])C(O)(CO)C[C@H](O)CO.[Ca+2]. The summed E-state index contributed by atoms with van der Waals surface area (Å²) in [4.78, 5) is 20.4. The number of aliphatic hydroxyl groups excluding tert-OH is 6. The van der Waals surface area contributed by atoms with E-state index in [1.807, 2.05) is 0 Å². The van der Waals surface area contributed by atoms with Crippen LogP contribution in [0.1, 0.15) is 12.8 Å². The molecule has 0 aromatic heterocycles. The maximum absolute atomic E-state index is 10.2. The van der Waals surface area contributed by atoms with Crippen molar-refractivity contribution in [1.82, 2.24) is 0 Å². The third-order valence-electron chi connectivity index (χ3n) is 2.85. The zero-order valence-corrected chi connectivity index (χ0v) is 15.5. The second kappa shape index (κ2) is 14.0. The van der Waals surface area contributed by atoms with Gasteiger partial charge in [-0.2, -0.15) is 0 Å². The first kappa shape index (κ1) is 29.6. The first-order valence-electron chi connectivity index (χ1n) is 6.59. The standard InChI is InChI=1S/2C6H12O6.Ca/c2*7-2-4(9)1-6(12,3-8)5(10)11;/h2*4,7-9,12H,1-3H2,(H,10,11);/q;;+2/p-2/t2*4-,6?;/m00./s1. The molecule has 4 atom stereocenters. The van der Waals surface area contributed by atoms with Crippen LogP contribution in [0.5, 0.6) is 0 Å². The van der Waals surface area contributed by atoms with E-state index in [0.29, 0.717) is 0 Å². The summed E-state index contributed by atoms with van der Waals surface area (Å²) in [5.41, 5.74) is -4.97. The molecule has 0 amide bonds. The van der Waals surface area contributed by atoms with Gasteiger partial charge in [-0.05, 0) is 0 Å². The van der Waals surface area contributed by atoms with Crippen LogP contribution in [0.15, 0.2) is 0 Å². The third kappa shape index (κ3) is 11.2. The smallest absolute Gasteiger partial charge is 0.547 e. The van der Waals surface area contributed by atoms with Gasteiger partial charge in [0.2, 0.25) is 0 Å². The monoisotopic (exact) mass is 398 g/mol. The van der Waals surface area contributed by atoms with Gasteiger partial charge in [-0.3, -0.25) is 0 Å². The van der Waals surface area contributed by atoms with Crippen molar-refractivity contribution in [2.45, 2.75) is 36.3 Å². The summed E-state index contributed by atoms with van der Waals surface area (Å²) in [6.45, 7) is -3.50. The van der Waals surface area contributed by atoms with Crippen molar-refractivity contribution >= 4 is 49.7 Å². The summed E-state index contributed by atoms with van der Waals surface area (Å²) in [5.74, 6) is -3.75. The van der Waals surface area contributed by atoms with Gasteiger partial charge in [0.25, 0.3) is 0 Å². The molecule has 0 aromatic carbocycles. The second-order valence-electron chi connectivity index (χ2n) is 5.04. The quantitative estimate of drug-likeness (QED) is 0.160. The number of carboxylic acids is 2. The Morgan fingerprint density at radius 3 is 1.12 bits per heavy atom. The average Bonchev–Trinajstić information content (AvgIpc) is 2.54. The van der Waals surface area contributed by atoms with E-state index in [4.69, 9.17) is 40.9 Å². The number of carbonyl (C=O) groups excluding carboxylic acids is 2. The predicted octanol–water partition coefficient (Wildman–Crippen LogP) is -7.97. The first-order valence-corrected chi connectivity index (χ1v) is 6.59. The summed E-state index contributed by atoms with van der Waals surface area (Å²) >= 11 is 0. The van der Waals surface area contributed by atoms with E-state index in [1.54, 1.807) is 0 Å². The van der Waals surface area contributed by atoms with E-state index in [2.05, 4.69) is 0 Å². The molecule has 13 heteroatoms. The van der Waals surface area contributed by atoms with Gasteiger partial charge >= 0.3 is 37.7 Å². The molecule has 0 spiro atoms. The zero-order valence-electron chi connectivity index (χ0n) is 13.3. The van der Waals surface area contributed by atoms with Gasteiger partial charge in [-0.1, -0.05) is 0 Å². The van der Waals surface area contributed by atoms with Crippen LogP contribution in [0.4, 0.5) is 0 Å². The van der Waals surface area contributed by atoms with Gasteiger partial charge in [0.1, 0.15) is 11.2 Å². The van der Waals surface area contributed by atoms with Gasteiger partial charge in [0, 0.05) is 12.8 Å². The van der Waals surface area contributed by atoms with Crippen LogP contribution in [0.2, 0.25) is 0 Å². The fourth-order valence-electron chi connectivity index (χ4n) is 1.33. The summed E-state index contributed by atoms with van der Waals surface area (Å²) in [6, 6.07) is 0. The molecule has 0 rings (SSSR count). The number of aliphatic carboxylic acids is 2. The van der Waals surface area contributed by atoms with Gasteiger partial charge in [0.05, 0.1) is 50.6 Å². The van der Waals surface area contributed by atoms with E-state index in [1.165, 1.54) is 0 Å². The first-order chi connectivity index (χ1) is 10.9. The molecular weight excluding hydrogens is 376 g/mol. The molecule has 0 radical (unpaired) electrons. The van der Waals surface area contributed by atoms with Crippen molar-refractivity contribution in [3.63, 3.8) is 0 Å². The molecule has 0 aliphatic carbocycles. The van der Waals surface area contributed by atoms with Crippen LogP contribution in [0.3, 0.4) is 0 Å². The topological polar surface area (TPSA) is 242 Å². The van der Waals surface area contributed by atoms with E-state index in [-0.39, 0.29) is 37.7 Å². The van der Waals surface area contributed by atoms with Crippen molar-refractivity contribution in [3.8, 4) is 0 Å². The minimum absolute atomic E-state index is 0. The molecule has 12 nitrogen and oxygen atoms in total. The average molecular weight is 398 g/mol. The third-order valence-corrected chi connectivity index (χ3v) is 2.85. The number of hydrogen-bond donors (Lipinski definition) is 8. The maximum Gasteiger partial charge on any atom is 2.00 e. The molecule has 0 heterocycles. The minimum atomic E-state index is -2.48. The normalized spacial score (nSPS) is 17.6. The molecule has 0 saturated carbocycles. The van der Waals surface area contributed by atoms with Crippen LogP contribution < -0.4 is 10.2 Å². The van der Waals surface area contributed by atoms with Crippen LogP contribution in [0.25, 0.3) is 0 Å². The number of hydrogen-bond acceptors (Lipinski definition) is 12. The summed E-state index contributed by atoms with van der Waals surface area (Å²) in [5, 5.41) is 89.4. The van der Waals surface area contributed by atoms with Crippen molar-refractivity contribution in [3.05, 3.63) is 0 Å². The summed E-state index contributed by atoms with van der Waals surface area (Å²) < 4.78 is 0. The van der Waals surface area contributed by atoms with E-state index in [9.17, 15) is 19.8 Å². The fourth-order valence-corrected chi connectivity index (χ4v) is 1.33. The summed E-state index contributed by atoms with van der Waals surface area (Å²) in [6.07, 6.45) is -4.11. The Kier molecular flexibility index (Phi) is 16.6. The molecule has 8 N–H and O–H groups in total. The van der Waals surface area contributed by atoms with E-state index < -0.39 is 74.6 Å². The number of carbonyl (C=O) groups is 2. The van der Waals surface area contributed by atoms with Crippen LogP contribution >= 0.6 is 0 Å². The minimum Gasteiger partial charge on any atom is -0.547 e. The summed E-state index contributed by atoms with van der Waals surface area (Å²) in [7, 11) is 0. The molecule has 0 fully saturated rings. The second-order valence-corrected chi connectivity index (χ2v) is 5.04. The van der Waals surface area contributed by atoms with Crippen LogP contribution in [0, 0.1) is 0 Å². The molecule has 0 aliphatic heterocycles. The van der Waals surface area contributed by atoms with Crippen LogP contribution in [-0.2, 0) is 9.59 Å². The Morgan fingerprint density at radius 2 is 1.00 bits per heavy atom. The zero-order chi connectivity index (χ0) is 19.6. The Bertz CT molecular complexity index is 358. The van der Waals surface area contributed by atoms with Gasteiger partial charge in [-0.25, -0.2) is 0 Å². The number of carboxylic acid groups (broad SMARTS) is 2. The van der Waals surface area contributed by atoms with Gasteiger partial charge in [-0.15, -0.1) is 0 Å².